The van der Waals surface area contributed by atoms with E-state index in [2.05, 4.69) is 49.1 Å². The van der Waals surface area contributed by atoms with Crippen LogP contribution in [0.4, 0.5) is 0 Å². The summed E-state index contributed by atoms with van der Waals surface area (Å²) in [6, 6.07) is 11.0. The predicted molar refractivity (Wildman–Crippen MR) is 113 cm³/mol. The van der Waals surface area contributed by atoms with Crippen molar-refractivity contribution in [1.82, 2.24) is 4.90 Å². The van der Waals surface area contributed by atoms with E-state index < -0.39 is 0 Å². The molecule has 0 unspecified atom stereocenters. The summed E-state index contributed by atoms with van der Waals surface area (Å²) in [5.74, 6) is 0. The van der Waals surface area contributed by atoms with Gasteiger partial charge in [0, 0.05) is 6.54 Å². The Bertz CT molecular complexity index is 373. The molecule has 1 nitrogen and oxygen atoms in total. The summed E-state index contributed by atoms with van der Waals surface area (Å²) in [4.78, 5) is 2.70. The van der Waals surface area contributed by atoms with E-state index in [1.54, 1.807) is 0 Å². The van der Waals surface area contributed by atoms with Gasteiger partial charge < -0.3 is 4.90 Å². The Morgan fingerprint density at radius 2 is 1.08 bits per heavy atom. The zero-order chi connectivity index (χ0) is 18.0. The highest BCUT2D eigenvalue weighted by Crippen LogP contribution is 2.11. The molecular formula is C24H43N. The molecule has 0 aliphatic rings. The Kier molecular flexibility index (Phi) is 14.8. The van der Waals surface area contributed by atoms with Gasteiger partial charge in [-0.05, 0) is 37.9 Å². The summed E-state index contributed by atoms with van der Waals surface area (Å²) in [5.41, 5.74) is 1.48. The Hall–Kier alpha value is -0.820. The molecule has 25 heavy (non-hydrogen) atoms. The van der Waals surface area contributed by atoms with Gasteiger partial charge in [-0.25, -0.2) is 0 Å². The molecule has 0 saturated carbocycles. The molecule has 0 N–H and O–H groups in total. The van der Waals surface area contributed by atoms with Crippen LogP contribution in [-0.2, 0) is 6.42 Å². The number of unbranched alkanes of at least 4 members (excludes halogenated alkanes) is 10. The van der Waals surface area contributed by atoms with E-state index in [9.17, 15) is 0 Å². The zero-order valence-electron chi connectivity index (χ0n) is 17.1. The summed E-state index contributed by atoms with van der Waals surface area (Å²) < 4.78 is 0. The fraction of sp³-hybridized carbons (Fsp3) is 0.750. The number of nitrogens with zero attached hydrogens (tertiary/aromatic N) is 1. The van der Waals surface area contributed by atoms with Crippen LogP contribution in [0.5, 0.6) is 0 Å². The maximum atomic E-state index is 2.70. The number of hydrogen-bond donors (Lipinski definition) is 0. The van der Waals surface area contributed by atoms with Crippen LogP contribution in [0.2, 0.25) is 0 Å². The lowest BCUT2D eigenvalue weighted by Crippen LogP contribution is -2.28. The SMILES string of the molecule is CCCCCCCCCCCCN(CCCC)CCc1ccccc1. The number of benzene rings is 1. The fourth-order valence-electron chi connectivity index (χ4n) is 3.47. The van der Waals surface area contributed by atoms with Crippen molar-refractivity contribution in [2.24, 2.45) is 0 Å². The molecule has 144 valence electrons. The van der Waals surface area contributed by atoms with Crippen LogP contribution >= 0.6 is 0 Å². The van der Waals surface area contributed by atoms with E-state index in [1.165, 1.54) is 109 Å². The van der Waals surface area contributed by atoms with E-state index in [4.69, 9.17) is 0 Å². The first-order valence-corrected chi connectivity index (χ1v) is 11.1. The lowest BCUT2D eigenvalue weighted by atomic mass is 10.1. The molecule has 1 heteroatoms. The van der Waals surface area contributed by atoms with Gasteiger partial charge in [0.1, 0.15) is 0 Å². The van der Waals surface area contributed by atoms with Crippen LogP contribution in [0.3, 0.4) is 0 Å². The van der Waals surface area contributed by atoms with Gasteiger partial charge in [-0.2, -0.15) is 0 Å². The van der Waals surface area contributed by atoms with Crippen molar-refractivity contribution in [2.75, 3.05) is 19.6 Å². The monoisotopic (exact) mass is 345 g/mol. The van der Waals surface area contributed by atoms with E-state index in [-0.39, 0.29) is 0 Å². The second-order valence-corrected chi connectivity index (χ2v) is 7.61. The smallest absolute Gasteiger partial charge is 0.00218 e. The molecule has 0 fully saturated rings. The van der Waals surface area contributed by atoms with Gasteiger partial charge in [0.05, 0.1) is 0 Å². The summed E-state index contributed by atoms with van der Waals surface area (Å²) in [5, 5.41) is 0. The van der Waals surface area contributed by atoms with Crippen LogP contribution in [-0.4, -0.2) is 24.5 Å². The minimum atomic E-state index is 1.20. The highest BCUT2D eigenvalue weighted by Gasteiger charge is 2.04. The first-order chi connectivity index (χ1) is 12.4. The lowest BCUT2D eigenvalue weighted by molar-refractivity contribution is 0.265. The molecule has 0 heterocycles. The van der Waals surface area contributed by atoms with Crippen LogP contribution in [0.15, 0.2) is 30.3 Å². The molecule has 0 bridgehead atoms. The predicted octanol–water partition coefficient (Wildman–Crippen LogP) is 7.25. The molecule has 0 aliphatic carbocycles. The highest BCUT2D eigenvalue weighted by atomic mass is 15.1. The third kappa shape index (κ3) is 13.1. The third-order valence-electron chi connectivity index (χ3n) is 5.22. The largest absolute Gasteiger partial charge is 0.303 e. The van der Waals surface area contributed by atoms with Crippen molar-refractivity contribution >= 4 is 0 Å². The van der Waals surface area contributed by atoms with Crippen LogP contribution in [0.1, 0.15) is 96.5 Å². The quantitative estimate of drug-likeness (QED) is 0.269. The lowest BCUT2D eigenvalue weighted by Gasteiger charge is -2.22. The first-order valence-electron chi connectivity index (χ1n) is 11.1. The third-order valence-corrected chi connectivity index (χ3v) is 5.22. The second kappa shape index (κ2) is 16.6. The van der Waals surface area contributed by atoms with Crippen LogP contribution in [0.25, 0.3) is 0 Å². The molecule has 0 spiro atoms. The van der Waals surface area contributed by atoms with Crippen molar-refractivity contribution in [1.29, 1.82) is 0 Å². The molecule has 0 atom stereocenters. The van der Waals surface area contributed by atoms with Gasteiger partial charge in [-0.3, -0.25) is 0 Å². The van der Waals surface area contributed by atoms with Gasteiger partial charge in [0.25, 0.3) is 0 Å². The van der Waals surface area contributed by atoms with Crippen molar-refractivity contribution in [3.05, 3.63) is 35.9 Å². The summed E-state index contributed by atoms with van der Waals surface area (Å²) in [6.07, 6.45) is 18.1. The number of rotatable bonds is 17. The molecule has 0 amide bonds. The molecule has 0 saturated heterocycles. The molecular weight excluding hydrogens is 302 g/mol. The van der Waals surface area contributed by atoms with Crippen molar-refractivity contribution in [3.63, 3.8) is 0 Å². The van der Waals surface area contributed by atoms with Crippen LogP contribution in [0, 0.1) is 0 Å². The Balaban J connectivity index is 2.06. The molecule has 1 aromatic rings. The summed E-state index contributed by atoms with van der Waals surface area (Å²) in [7, 11) is 0. The Morgan fingerprint density at radius 3 is 1.68 bits per heavy atom. The van der Waals surface area contributed by atoms with Crippen molar-refractivity contribution in [2.45, 2.75) is 97.3 Å². The molecule has 0 aliphatic heterocycles. The Labute approximate surface area is 158 Å². The van der Waals surface area contributed by atoms with E-state index in [0.717, 1.165) is 0 Å². The molecule has 0 aromatic heterocycles. The standard InChI is InChI=1S/C24H43N/c1-3-5-7-8-9-10-11-12-13-17-22-25(21-6-4-2)23-20-24-18-15-14-16-19-24/h14-16,18-19H,3-13,17,20-23H2,1-2H3. The van der Waals surface area contributed by atoms with Gasteiger partial charge in [0.2, 0.25) is 0 Å². The average Bonchev–Trinajstić information content (AvgIpc) is 2.65. The van der Waals surface area contributed by atoms with E-state index >= 15 is 0 Å². The van der Waals surface area contributed by atoms with Gasteiger partial charge in [-0.15, -0.1) is 0 Å². The van der Waals surface area contributed by atoms with Crippen molar-refractivity contribution in [3.8, 4) is 0 Å². The normalized spacial score (nSPS) is 11.3. The number of hydrogen-bond acceptors (Lipinski definition) is 1. The van der Waals surface area contributed by atoms with Crippen LogP contribution < -0.4 is 0 Å². The minimum absolute atomic E-state index is 1.20. The minimum Gasteiger partial charge on any atom is -0.303 e. The fourth-order valence-corrected chi connectivity index (χ4v) is 3.47. The highest BCUT2D eigenvalue weighted by molar-refractivity contribution is 5.14. The van der Waals surface area contributed by atoms with Gasteiger partial charge in [-0.1, -0.05) is 108 Å². The van der Waals surface area contributed by atoms with Gasteiger partial charge >= 0.3 is 0 Å². The maximum absolute atomic E-state index is 2.70. The molecule has 0 radical (unpaired) electrons. The summed E-state index contributed by atoms with van der Waals surface area (Å²) >= 11 is 0. The molecule has 1 aromatic carbocycles. The van der Waals surface area contributed by atoms with E-state index in [0.29, 0.717) is 0 Å². The van der Waals surface area contributed by atoms with E-state index in [1.807, 2.05) is 0 Å². The van der Waals surface area contributed by atoms with Crippen molar-refractivity contribution < 1.29 is 0 Å². The summed E-state index contributed by atoms with van der Waals surface area (Å²) in [6.45, 7) is 8.39. The molecule has 1 rings (SSSR count). The second-order valence-electron chi connectivity index (χ2n) is 7.61. The average molecular weight is 346 g/mol. The Morgan fingerprint density at radius 1 is 0.560 bits per heavy atom. The maximum Gasteiger partial charge on any atom is 0.00218 e. The van der Waals surface area contributed by atoms with Gasteiger partial charge in [0.15, 0.2) is 0 Å². The first kappa shape index (κ1) is 22.2. The topological polar surface area (TPSA) is 3.24 Å². The zero-order valence-corrected chi connectivity index (χ0v) is 17.1.